The summed E-state index contributed by atoms with van der Waals surface area (Å²) >= 11 is 10.9. The van der Waals surface area contributed by atoms with E-state index in [0.717, 1.165) is 14.4 Å². The van der Waals surface area contributed by atoms with E-state index in [9.17, 15) is 0 Å². The first-order chi connectivity index (χ1) is 8.19. The molecule has 3 nitrogen and oxygen atoms in total. The highest BCUT2D eigenvalue weighted by molar-refractivity contribution is 9.10. The van der Waals surface area contributed by atoms with Crippen molar-refractivity contribution in [2.24, 2.45) is 0 Å². The first-order valence-corrected chi connectivity index (χ1v) is 6.81. The Morgan fingerprint density at radius 3 is 2.94 bits per heavy atom. The van der Waals surface area contributed by atoms with Gasteiger partial charge in [-0.3, -0.25) is 0 Å². The van der Waals surface area contributed by atoms with Crippen LogP contribution in [0.1, 0.15) is 0 Å². The molecule has 0 saturated heterocycles. The maximum atomic E-state index is 5.94. The number of anilines is 1. The lowest BCUT2D eigenvalue weighted by atomic mass is 10.4. The summed E-state index contributed by atoms with van der Waals surface area (Å²) in [7, 11) is 1.79. The van der Waals surface area contributed by atoms with E-state index in [0.29, 0.717) is 11.0 Å². The van der Waals surface area contributed by atoms with Crippen LogP contribution in [-0.2, 0) is 0 Å². The van der Waals surface area contributed by atoms with E-state index in [1.54, 1.807) is 13.2 Å². The van der Waals surface area contributed by atoms with Crippen LogP contribution in [0.25, 0.3) is 0 Å². The van der Waals surface area contributed by atoms with Crippen molar-refractivity contribution in [2.75, 3.05) is 12.4 Å². The smallest absolute Gasteiger partial charge is 0.223 e. The van der Waals surface area contributed by atoms with Crippen LogP contribution in [0.4, 0.5) is 5.95 Å². The molecule has 0 bridgehead atoms. The van der Waals surface area contributed by atoms with Crippen LogP contribution in [0.2, 0.25) is 5.02 Å². The topological polar surface area (TPSA) is 37.8 Å². The Hall–Kier alpha value is -0.780. The van der Waals surface area contributed by atoms with E-state index in [1.807, 2.05) is 24.3 Å². The van der Waals surface area contributed by atoms with Crippen molar-refractivity contribution in [1.29, 1.82) is 0 Å². The van der Waals surface area contributed by atoms with Crippen LogP contribution in [0, 0.1) is 0 Å². The van der Waals surface area contributed by atoms with Crippen LogP contribution in [0.3, 0.4) is 0 Å². The first-order valence-electron chi connectivity index (χ1n) is 4.83. The molecule has 0 aliphatic carbocycles. The van der Waals surface area contributed by atoms with Crippen molar-refractivity contribution >= 4 is 45.2 Å². The maximum absolute atomic E-state index is 5.94. The lowest BCUT2D eigenvalue weighted by Crippen LogP contribution is -1.97. The first kappa shape index (κ1) is 12.7. The number of halogens is 2. The fourth-order valence-electron chi connectivity index (χ4n) is 1.19. The zero-order valence-corrected chi connectivity index (χ0v) is 12.1. The Morgan fingerprint density at radius 2 is 2.24 bits per heavy atom. The summed E-state index contributed by atoms with van der Waals surface area (Å²) in [6, 6.07) is 7.66. The molecule has 1 aromatic heterocycles. The van der Waals surface area contributed by atoms with Crippen molar-refractivity contribution in [2.45, 2.75) is 9.92 Å². The zero-order valence-electron chi connectivity index (χ0n) is 8.95. The number of nitrogens with zero attached hydrogens (tertiary/aromatic N) is 2. The fraction of sp³-hybridized carbons (Fsp3) is 0.0909. The Balaban J connectivity index is 2.29. The Labute approximate surface area is 117 Å². The molecule has 0 unspecified atom stereocenters. The molecule has 0 aliphatic heterocycles. The lowest BCUT2D eigenvalue weighted by molar-refractivity contribution is 1.03. The number of aromatic nitrogens is 2. The number of benzene rings is 1. The van der Waals surface area contributed by atoms with E-state index in [-0.39, 0.29) is 0 Å². The van der Waals surface area contributed by atoms with E-state index in [2.05, 4.69) is 31.2 Å². The average molecular weight is 331 g/mol. The summed E-state index contributed by atoms with van der Waals surface area (Å²) in [4.78, 5) is 9.52. The third-order valence-electron chi connectivity index (χ3n) is 1.95. The second-order valence-corrected chi connectivity index (χ2v) is 5.51. The van der Waals surface area contributed by atoms with Crippen LogP contribution in [0.5, 0.6) is 0 Å². The number of hydrogen-bond acceptors (Lipinski definition) is 4. The summed E-state index contributed by atoms with van der Waals surface area (Å²) in [5, 5.41) is 4.48. The zero-order chi connectivity index (χ0) is 12.3. The molecule has 0 atom stereocenters. The standard InChI is InChI=1S/C11H9BrClN3S/c1-14-11-15-6-9(12)10(16-11)17-8-4-2-3-7(13)5-8/h2-6H,1H3,(H,14,15,16). The van der Waals surface area contributed by atoms with Crippen molar-refractivity contribution in [3.05, 3.63) is 40.0 Å². The Morgan fingerprint density at radius 1 is 1.41 bits per heavy atom. The third-order valence-corrected chi connectivity index (χ3v) is 4.02. The monoisotopic (exact) mass is 329 g/mol. The Kier molecular flexibility index (Phi) is 4.25. The summed E-state index contributed by atoms with van der Waals surface area (Å²) in [6.45, 7) is 0. The SMILES string of the molecule is CNc1ncc(Br)c(Sc2cccc(Cl)c2)n1. The fourth-order valence-corrected chi connectivity index (χ4v) is 2.71. The molecule has 2 aromatic rings. The minimum absolute atomic E-state index is 0.595. The van der Waals surface area contributed by atoms with Gasteiger partial charge in [0, 0.05) is 23.2 Å². The van der Waals surface area contributed by atoms with Gasteiger partial charge in [0.2, 0.25) is 5.95 Å². The molecule has 1 N–H and O–H groups in total. The van der Waals surface area contributed by atoms with E-state index < -0.39 is 0 Å². The van der Waals surface area contributed by atoms with Crippen LogP contribution < -0.4 is 5.32 Å². The average Bonchev–Trinajstić information content (AvgIpc) is 2.32. The van der Waals surface area contributed by atoms with Gasteiger partial charge in [-0.1, -0.05) is 29.4 Å². The molecule has 0 amide bonds. The van der Waals surface area contributed by atoms with Gasteiger partial charge in [-0.05, 0) is 34.1 Å². The molecule has 0 radical (unpaired) electrons. The van der Waals surface area contributed by atoms with Gasteiger partial charge in [0.15, 0.2) is 0 Å². The minimum atomic E-state index is 0.595. The second-order valence-electron chi connectivity index (χ2n) is 3.16. The molecule has 2 rings (SSSR count). The van der Waals surface area contributed by atoms with Crippen molar-refractivity contribution in [3.8, 4) is 0 Å². The molecule has 0 fully saturated rings. The van der Waals surface area contributed by atoms with Crippen LogP contribution in [0.15, 0.2) is 44.9 Å². The van der Waals surface area contributed by atoms with Crippen molar-refractivity contribution < 1.29 is 0 Å². The van der Waals surface area contributed by atoms with E-state index >= 15 is 0 Å². The molecule has 6 heteroatoms. The molecular weight excluding hydrogens is 322 g/mol. The highest BCUT2D eigenvalue weighted by Crippen LogP contribution is 2.33. The van der Waals surface area contributed by atoms with Gasteiger partial charge in [-0.25, -0.2) is 9.97 Å². The molecule has 1 aromatic carbocycles. The number of hydrogen-bond donors (Lipinski definition) is 1. The summed E-state index contributed by atoms with van der Waals surface area (Å²) in [5.74, 6) is 0.595. The third kappa shape index (κ3) is 3.34. The predicted molar refractivity (Wildman–Crippen MR) is 74.9 cm³/mol. The highest BCUT2D eigenvalue weighted by Gasteiger charge is 2.06. The molecule has 0 spiro atoms. The molecule has 1 heterocycles. The van der Waals surface area contributed by atoms with E-state index in [4.69, 9.17) is 11.6 Å². The van der Waals surface area contributed by atoms with Gasteiger partial charge in [-0.2, -0.15) is 0 Å². The molecular formula is C11H9BrClN3S. The molecule has 0 saturated carbocycles. The number of rotatable bonds is 3. The molecule has 88 valence electrons. The summed E-state index contributed by atoms with van der Waals surface area (Å²) in [6.07, 6.45) is 1.73. The summed E-state index contributed by atoms with van der Waals surface area (Å²) in [5.41, 5.74) is 0. The second kappa shape index (κ2) is 5.71. The largest absolute Gasteiger partial charge is 0.357 e. The van der Waals surface area contributed by atoms with Gasteiger partial charge in [0.05, 0.1) is 4.47 Å². The highest BCUT2D eigenvalue weighted by atomic mass is 79.9. The summed E-state index contributed by atoms with van der Waals surface area (Å²) < 4.78 is 0.862. The predicted octanol–water partition coefficient (Wildman–Crippen LogP) is 4.09. The van der Waals surface area contributed by atoms with Crippen LogP contribution in [-0.4, -0.2) is 17.0 Å². The van der Waals surface area contributed by atoms with E-state index in [1.165, 1.54) is 11.8 Å². The molecule has 0 aliphatic rings. The minimum Gasteiger partial charge on any atom is -0.357 e. The van der Waals surface area contributed by atoms with Gasteiger partial charge < -0.3 is 5.32 Å². The van der Waals surface area contributed by atoms with Gasteiger partial charge in [0.1, 0.15) is 5.03 Å². The Bertz CT molecular complexity index is 536. The maximum Gasteiger partial charge on any atom is 0.223 e. The normalized spacial score (nSPS) is 10.3. The lowest BCUT2D eigenvalue weighted by Gasteiger charge is -2.05. The van der Waals surface area contributed by atoms with Crippen molar-refractivity contribution in [1.82, 2.24) is 9.97 Å². The van der Waals surface area contributed by atoms with Gasteiger partial charge in [-0.15, -0.1) is 0 Å². The quantitative estimate of drug-likeness (QED) is 0.860. The van der Waals surface area contributed by atoms with Crippen molar-refractivity contribution in [3.63, 3.8) is 0 Å². The van der Waals surface area contributed by atoms with Gasteiger partial charge >= 0.3 is 0 Å². The van der Waals surface area contributed by atoms with Crippen LogP contribution >= 0.6 is 39.3 Å². The van der Waals surface area contributed by atoms with Gasteiger partial charge in [0.25, 0.3) is 0 Å². The number of nitrogens with one attached hydrogen (secondary N) is 1. The molecule has 17 heavy (non-hydrogen) atoms.